The fourth-order valence-electron chi connectivity index (χ4n) is 1.59. The molecule has 1 N–H and O–H groups in total. The molecular formula is C12H18N2O3S. The Balaban J connectivity index is 2.75. The number of para-hydroxylation sites is 1. The number of nitrogens with zero attached hydrogens (tertiary/aromatic N) is 1. The molecule has 0 bridgehead atoms. The standard InChI is InChI=1S/C12H18N2O3S/c1-9(18(3)17)8-13-10(2)11-6-4-5-7-12(11)14(15)16/h4-7,9-10,13H,8H2,1-3H3. The van der Waals surface area contributed by atoms with Crippen LogP contribution in [-0.2, 0) is 10.8 Å². The molecule has 0 radical (unpaired) electrons. The largest absolute Gasteiger partial charge is 0.309 e. The normalized spacial score (nSPS) is 15.9. The predicted molar refractivity (Wildman–Crippen MR) is 73.0 cm³/mol. The number of nitro groups is 1. The monoisotopic (exact) mass is 270 g/mol. The summed E-state index contributed by atoms with van der Waals surface area (Å²) in [5.74, 6) is 0. The average Bonchev–Trinajstić information content (AvgIpc) is 2.35. The van der Waals surface area contributed by atoms with E-state index in [1.807, 2.05) is 13.8 Å². The Morgan fingerprint density at radius 3 is 2.56 bits per heavy atom. The van der Waals surface area contributed by atoms with Crippen LogP contribution >= 0.6 is 0 Å². The SMILES string of the molecule is CC(NCC(C)S(C)=O)c1ccccc1[N+](=O)[O-]. The van der Waals surface area contributed by atoms with Crippen LogP contribution < -0.4 is 5.32 Å². The summed E-state index contributed by atoms with van der Waals surface area (Å²) in [6, 6.07) is 6.52. The minimum Gasteiger partial charge on any atom is -0.309 e. The lowest BCUT2D eigenvalue weighted by Gasteiger charge is -2.16. The molecular weight excluding hydrogens is 252 g/mol. The molecule has 0 aliphatic rings. The average molecular weight is 270 g/mol. The van der Waals surface area contributed by atoms with Crippen molar-refractivity contribution in [2.45, 2.75) is 25.1 Å². The van der Waals surface area contributed by atoms with E-state index in [0.29, 0.717) is 12.1 Å². The van der Waals surface area contributed by atoms with E-state index in [9.17, 15) is 14.3 Å². The number of benzene rings is 1. The predicted octanol–water partition coefficient (Wildman–Crippen LogP) is 2.01. The molecule has 0 aliphatic carbocycles. The van der Waals surface area contributed by atoms with Gasteiger partial charge in [0.2, 0.25) is 0 Å². The Morgan fingerprint density at radius 1 is 1.39 bits per heavy atom. The molecule has 0 amide bonds. The van der Waals surface area contributed by atoms with Gasteiger partial charge in [-0.05, 0) is 13.8 Å². The highest BCUT2D eigenvalue weighted by molar-refractivity contribution is 7.84. The van der Waals surface area contributed by atoms with Crippen molar-refractivity contribution in [1.82, 2.24) is 5.32 Å². The van der Waals surface area contributed by atoms with Crippen molar-refractivity contribution in [3.05, 3.63) is 39.9 Å². The van der Waals surface area contributed by atoms with Crippen molar-refractivity contribution in [2.24, 2.45) is 0 Å². The first-order valence-electron chi connectivity index (χ1n) is 5.72. The van der Waals surface area contributed by atoms with E-state index in [0.717, 1.165) is 0 Å². The molecule has 0 aliphatic heterocycles. The second-order valence-corrected chi connectivity index (χ2v) is 6.06. The van der Waals surface area contributed by atoms with Gasteiger partial charge in [0.25, 0.3) is 5.69 Å². The summed E-state index contributed by atoms with van der Waals surface area (Å²) in [6.07, 6.45) is 1.65. The first-order valence-corrected chi connectivity index (χ1v) is 7.34. The highest BCUT2D eigenvalue weighted by Gasteiger charge is 2.18. The number of nitrogens with one attached hydrogen (secondary N) is 1. The van der Waals surface area contributed by atoms with Crippen molar-refractivity contribution < 1.29 is 9.13 Å². The molecule has 3 atom stereocenters. The van der Waals surface area contributed by atoms with Gasteiger partial charge in [-0.1, -0.05) is 18.2 Å². The van der Waals surface area contributed by atoms with E-state index in [4.69, 9.17) is 0 Å². The summed E-state index contributed by atoms with van der Waals surface area (Å²) >= 11 is 0. The Bertz CT molecular complexity index is 451. The molecule has 18 heavy (non-hydrogen) atoms. The molecule has 1 aromatic rings. The van der Waals surface area contributed by atoms with E-state index in [-0.39, 0.29) is 21.9 Å². The highest BCUT2D eigenvalue weighted by Crippen LogP contribution is 2.24. The summed E-state index contributed by atoms with van der Waals surface area (Å²) in [5, 5.41) is 14.1. The molecule has 0 spiro atoms. The van der Waals surface area contributed by atoms with Gasteiger partial charge in [0.15, 0.2) is 0 Å². The van der Waals surface area contributed by atoms with Crippen LogP contribution in [0.5, 0.6) is 0 Å². The van der Waals surface area contributed by atoms with Gasteiger partial charge < -0.3 is 5.32 Å². The zero-order valence-corrected chi connectivity index (χ0v) is 11.6. The molecule has 0 saturated heterocycles. The second kappa shape index (κ2) is 6.61. The third-order valence-electron chi connectivity index (χ3n) is 2.88. The maximum Gasteiger partial charge on any atom is 0.274 e. The van der Waals surface area contributed by atoms with Crippen molar-refractivity contribution in [3.63, 3.8) is 0 Å². The van der Waals surface area contributed by atoms with Crippen LogP contribution in [0.1, 0.15) is 25.5 Å². The Kier molecular flexibility index (Phi) is 5.43. The first-order chi connectivity index (χ1) is 8.43. The smallest absolute Gasteiger partial charge is 0.274 e. The van der Waals surface area contributed by atoms with Gasteiger partial charge in [0.05, 0.1) is 4.92 Å². The summed E-state index contributed by atoms with van der Waals surface area (Å²) < 4.78 is 11.2. The third-order valence-corrected chi connectivity index (χ3v) is 4.18. The summed E-state index contributed by atoms with van der Waals surface area (Å²) in [5.41, 5.74) is 0.763. The van der Waals surface area contributed by atoms with Crippen molar-refractivity contribution >= 4 is 16.5 Å². The Labute approximate surface area is 109 Å². The lowest BCUT2D eigenvalue weighted by Crippen LogP contribution is -2.30. The fraction of sp³-hybridized carbons (Fsp3) is 0.500. The minimum absolute atomic E-state index is 0.0234. The summed E-state index contributed by atoms with van der Waals surface area (Å²) in [7, 11) is -0.894. The quantitative estimate of drug-likeness (QED) is 0.634. The molecule has 3 unspecified atom stereocenters. The van der Waals surface area contributed by atoms with E-state index < -0.39 is 10.8 Å². The molecule has 1 rings (SSSR count). The van der Waals surface area contributed by atoms with Crippen LogP contribution in [0.3, 0.4) is 0 Å². The van der Waals surface area contributed by atoms with Crippen LogP contribution in [0.2, 0.25) is 0 Å². The molecule has 5 nitrogen and oxygen atoms in total. The number of hydrogen-bond acceptors (Lipinski definition) is 4. The van der Waals surface area contributed by atoms with Gasteiger partial charge in [-0.2, -0.15) is 0 Å². The molecule has 6 heteroatoms. The van der Waals surface area contributed by atoms with Gasteiger partial charge in [-0.15, -0.1) is 0 Å². The topological polar surface area (TPSA) is 72.2 Å². The molecule has 0 heterocycles. The summed E-state index contributed by atoms with van der Waals surface area (Å²) in [6.45, 7) is 4.32. The maximum atomic E-state index is 11.2. The van der Waals surface area contributed by atoms with Gasteiger partial charge in [0.1, 0.15) is 0 Å². The molecule has 100 valence electrons. The zero-order valence-electron chi connectivity index (χ0n) is 10.8. The lowest BCUT2D eigenvalue weighted by atomic mass is 10.1. The third kappa shape index (κ3) is 3.89. The van der Waals surface area contributed by atoms with Crippen LogP contribution in [0.25, 0.3) is 0 Å². The van der Waals surface area contributed by atoms with Crippen molar-refractivity contribution in [1.29, 1.82) is 0 Å². The van der Waals surface area contributed by atoms with Gasteiger partial charge in [-0.3, -0.25) is 14.3 Å². The van der Waals surface area contributed by atoms with Crippen LogP contribution in [0.4, 0.5) is 5.69 Å². The lowest BCUT2D eigenvalue weighted by molar-refractivity contribution is -0.385. The fourth-order valence-corrected chi connectivity index (χ4v) is 1.92. The van der Waals surface area contributed by atoms with Crippen LogP contribution in [0.15, 0.2) is 24.3 Å². The molecule has 0 saturated carbocycles. The highest BCUT2D eigenvalue weighted by atomic mass is 32.2. The van der Waals surface area contributed by atoms with Gasteiger partial charge in [0, 0.05) is 46.5 Å². The number of hydrogen-bond donors (Lipinski definition) is 1. The van der Waals surface area contributed by atoms with E-state index in [2.05, 4.69) is 5.32 Å². The molecule has 0 aromatic heterocycles. The number of nitro benzene ring substituents is 1. The van der Waals surface area contributed by atoms with Gasteiger partial charge in [-0.25, -0.2) is 0 Å². The van der Waals surface area contributed by atoms with E-state index >= 15 is 0 Å². The van der Waals surface area contributed by atoms with Gasteiger partial charge >= 0.3 is 0 Å². The molecule has 0 fully saturated rings. The second-order valence-electron chi connectivity index (χ2n) is 4.26. The van der Waals surface area contributed by atoms with Crippen LogP contribution in [-0.4, -0.2) is 27.2 Å². The van der Waals surface area contributed by atoms with Crippen molar-refractivity contribution in [3.8, 4) is 0 Å². The van der Waals surface area contributed by atoms with E-state index in [1.54, 1.807) is 24.5 Å². The minimum atomic E-state index is -0.894. The first kappa shape index (κ1) is 14.8. The van der Waals surface area contributed by atoms with Crippen LogP contribution in [0, 0.1) is 10.1 Å². The molecule has 1 aromatic carbocycles. The maximum absolute atomic E-state index is 11.2. The summed E-state index contributed by atoms with van der Waals surface area (Å²) in [4.78, 5) is 10.5. The number of rotatable bonds is 6. The zero-order chi connectivity index (χ0) is 13.7. The Hall–Kier alpha value is -1.27. The Morgan fingerprint density at radius 2 is 2.00 bits per heavy atom. The van der Waals surface area contributed by atoms with Crippen molar-refractivity contribution in [2.75, 3.05) is 12.8 Å². The van der Waals surface area contributed by atoms with E-state index in [1.165, 1.54) is 6.07 Å².